The monoisotopic (exact) mass is 151 g/mol. The molecule has 1 aromatic heterocycles. The van der Waals surface area contributed by atoms with Crippen molar-refractivity contribution in [3.05, 3.63) is 23.7 Å². The maximum absolute atomic E-state index is 4.10. The third-order valence-corrected chi connectivity index (χ3v) is 1.58. The molecule has 3 heteroatoms. The van der Waals surface area contributed by atoms with Crippen LogP contribution in [0.2, 0.25) is 0 Å². The molecule has 60 valence electrons. The fourth-order valence-electron chi connectivity index (χ4n) is 0.764. The highest BCUT2D eigenvalue weighted by Gasteiger charge is 1.91. The van der Waals surface area contributed by atoms with E-state index < -0.39 is 0 Å². The summed E-state index contributed by atoms with van der Waals surface area (Å²) in [5.74, 6) is 0. The quantitative estimate of drug-likeness (QED) is 0.689. The molecule has 0 aliphatic rings. The summed E-state index contributed by atoms with van der Waals surface area (Å²) in [4.78, 5) is 0. The zero-order chi connectivity index (χ0) is 8.27. The molecule has 0 unspecified atom stereocenters. The van der Waals surface area contributed by atoms with Crippen molar-refractivity contribution >= 4 is 6.20 Å². The second-order valence-electron chi connectivity index (χ2n) is 2.48. The van der Waals surface area contributed by atoms with Crippen molar-refractivity contribution in [1.82, 2.24) is 15.1 Å². The van der Waals surface area contributed by atoms with Crippen molar-refractivity contribution in [3.63, 3.8) is 0 Å². The van der Waals surface area contributed by atoms with Crippen LogP contribution in [-0.4, -0.2) is 16.8 Å². The highest BCUT2D eigenvalue weighted by molar-refractivity contribution is 5.28. The van der Waals surface area contributed by atoms with Crippen LogP contribution in [0.5, 0.6) is 0 Å². The maximum atomic E-state index is 4.10. The first-order chi connectivity index (χ1) is 5.24. The molecule has 1 N–H and O–H groups in total. The molecule has 1 rings (SSSR count). The largest absolute Gasteiger partial charge is 0.390 e. The van der Waals surface area contributed by atoms with Gasteiger partial charge in [0.2, 0.25) is 0 Å². The van der Waals surface area contributed by atoms with Gasteiger partial charge < -0.3 is 5.32 Å². The fourth-order valence-corrected chi connectivity index (χ4v) is 0.764. The summed E-state index contributed by atoms with van der Waals surface area (Å²) < 4.78 is 1.84. The van der Waals surface area contributed by atoms with Crippen molar-refractivity contribution in [3.8, 4) is 0 Å². The van der Waals surface area contributed by atoms with Gasteiger partial charge in [0.05, 0.1) is 0 Å². The summed E-state index contributed by atoms with van der Waals surface area (Å²) in [6.45, 7) is 4.02. The summed E-state index contributed by atoms with van der Waals surface area (Å²) in [7, 11) is 1.89. The maximum Gasteiger partial charge on any atom is 0.0496 e. The number of nitrogens with zero attached hydrogens (tertiary/aromatic N) is 2. The first kappa shape index (κ1) is 7.85. The van der Waals surface area contributed by atoms with E-state index in [-0.39, 0.29) is 0 Å². The Bertz CT molecular complexity index is 260. The molecule has 0 amide bonds. The molecular formula is C8H13N3. The van der Waals surface area contributed by atoms with E-state index in [2.05, 4.69) is 10.4 Å². The predicted octanol–water partition coefficient (Wildman–Crippen LogP) is 1.23. The van der Waals surface area contributed by atoms with Crippen molar-refractivity contribution in [2.75, 3.05) is 7.05 Å². The second kappa shape index (κ2) is 3.23. The minimum absolute atomic E-state index is 1.09. The van der Waals surface area contributed by atoms with Gasteiger partial charge >= 0.3 is 0 Å². The number of hydrogen-bond donors (Lipinski definition) is 1. The molecule has 0 atom stereocenters. The summed E-state index contributed by atoms with van der Waals surface area (Å²) in [6.07, 6.45) is 3.74. The molecule has 0 saturated carbocycles. The Hall–Kier alpha value is -1.25. The molecule has 11 heavy (non-hydrogen) atoms. The Balaban J connectivity index is 2.86. The van der Waals surface area contributed by atoms with Crippen LogP contribution in [0.25, 0.3) is 6.20 Å². The van der Waals surface area contributed by atoms with Gasteiger partial charge in [0.25, 0.3) is 0 Å². The van der Waals surface area contributed by atoms with Gasteiger partial charge in [-0.05, 0) is 19.9 Å². The zero-order valence-electron chi connectivity index (χ0n) is 7.13. The van der Waals surface area contributed by atoms with Crippen LogP contribution in [0.3, 0.4) is 0 Å². The van der Waals surface area contributed by atoms with E-state index in [0.717, 1.165) is 11.4 Å². The van der Waals surface area contributed by atoms with Gasteiger partial charge in [0.1, 0.15) is 0 Å². The lowest BCUT2D eigenvalue weighted by Gasteiger charge is -2.00. The van der Waals surface area contributed by atoms with Crippen LogP contribution < -0.4 is 5.32 Å². The lowest BCUT2D eigenvalue weighted by molar-refractivity contribution is 0.872. The molecule has 3 nitrogen and oxygen atoms in total. The van der Waals surface area contributed by atoms with Crippen molar-refractivity contribution in [1.29, 1.82) is 0 Å². The van der Waals surface area contributed by atoms with Crippen molar-refractivity contribution < 1.29 is 0 Å². The number of nitrogens with one attached hydrogen (secondary N) is 1. The highest BCUT2D eigenvalue weighted by atomic mass is 15.3. The molecular weight excluding hydrogens is 138 g/mol. The third-order valence-electron chi connectivity index (χ3n) is 1.58. The minimum atomic E-state index is 1.09. The van der Waals surface area contributed by atoms with Gasteiger partial charge in [0.15, 0.2) is 0 Å². The van der Waals surface area contributed by atoms with E-state index in [4.69, 9.17) is 0 Å². The van der Waals surface area contributed by atoms with Gasteiger partial charge in [-0.3, -0.25) is 0 Å². The van der Waals surface area contributed by atoms with E-state index in [1.165, 1.54) is 0 Å². The van der Waals surface area contributed by atoms with E-state index in [1.54, 1.807) is 6.20 Å². The molecule has 0 aliphatic heterocycles. The number of allylic oxidation sites excluding steroid dienone is 1. The van der Waals surface area contributed by atoms with Gasteiger partial charge in [-0.1, -0.05) is 0 Å². The minimum Gasteiger partial charge on any atom is -0.390 e. The van der Waals surface area contributed by atoms with Crippen LogP contribution in [-0.2, 0) is 0 Å². The molecule has 0 saturated heterocycles. The average Bonchev–Trinajstić information content (AvgIpc) is 2.37. The summed E-state index contributed by atoms with van der Waals surface area (Å²) >= 11 is 0. The van der Waals surface area contributed by atoms with Crippen LogP contribution in [0.1, 0.15) is 12.6 Å². The first-order valence-corrected chi connectivity index (χ1v) is 3.60. The molecule has 0 aliphatic carbocycles. The van der Waals surface area contributed by atoms with Gasteiger partial charge in [0, 0.05) is 30.8 Å². The van der Waals surface area contributed by atoms with E-state index in [0.29, 0.717) is 0 Å². The summed E-state index contributed by atoms with van der Waals surface area (Å²) in [6, 6.07) is 1.97. The van der Waals surface area contributed by atoms with Gasteiger partial charge in [-0.25, -0.2) is 4.68 Å². The van der Waals surface area contributed by atoms with Crippen molar-refractivity contribution in [2.45, 2.75) is 13.8 Å². The second-order valence-corrected chi connectivity index (χ2v) is 2.48. The van der Waals surface area contributed by atoms with Crippen LogP contribution in [0.15, 0.2) is 18.0 Å². The number of aromatic nitrogens is 2. The Morgan fingerprint density at radius 2 is 2.45 bits per heavy atom. The fraction of sp³-hybridized carbons (Fsp3) is 0.375. The molecule has 0 bridgehead atoms. The van der Waals surface area contributed by atoms with Crippen molar-refractivity contribution in [2.24, 2.45) is 0 Å². The predicted molar refractivity (Wildman–Crippen MR) is 46.0 cm³/mol. The Morgan fingerprint density at radius 3 is 2.91 bits per heavy atom. The number of hydrogen-bond acceptors (Lipinski definition) is 2. The Labute approximate surface area is 66.7 Å². The standard InChI is InChI=1S/C8H13N3/c1-7(9-3)6-11-8(2)4-5-10-11/h4-6,9H,1-3H3/b7-6-. The molecule has 1 heterocycles. The van der Waals surface area contributed by atoms with E-state index >= 15 is 0 Å². The first-order valence-electron chi connectivity index (χ1n) is 3.60. The highest BCUT2D eigenvalue weighted by Crippen LogP contribution is 1.98. The van der Waals surface area contributed by atoms with E-state index in [1.807, 2.05) is 37.8 Å². The smallest absolute Gasteiger partial charge is 0.0496 e. The number of aryl methyl sites for hydroxylation is 1. The molecule has 0 fully saturated rings. The van der Waals surface area contributed by atoms with Crippen LogP contribution in [0, 0.1) is 6.92 Å². The lowest BCUT2D eigenvalue weighted by atomic mass is 10.5. The summed E-state index contributed by atoms with van der Waals surface area (Å²) in [5, 5.41) is 7.13. The third kappa shape index (κ3) is 1.83. The van der Waals surface area contributed by atoms with E-state index in [9.17, 15) is 0 Å². The van der Waals surface area contributed by atoms with Gasteiger partial charge in [-0.15, -0.1) is 0 Å². The van der Waals surface area contributed by atoms with Gasteiger partial charge in [-0.2, -0.15) is 5.10 Å². The number of rotatable bonds is 2. The zero-order valence-corrected chi connectivity index (χ0v) is 7.13. The normalized spacial score (nSPS) is 11.7. The Kier molecular flexibility index (Phi) is 2.31. The van der Waals surface area contributed by atoms with Crippen LogP contribution in [0.4, 0.5) is 0 Å². The Morgan fingerprint density at radius 1 is 1.73 bits per heavy atom. The van der Waals surface area contributed by atoms with Crippen LogP contribution >= 0.6 is 0 Å². The topological polar surface area (TPSA) is 29.9 Å². The lowest BCUT2D eigenvalue weighted by Crippen LogP contribution is -2.04. The molecule has 0 spiro atoms. The summed E-state index contributed by atoms with van der Waals surface area (Å²) in [5.41, 5.74) is 2.23. The average molecular weight is 151 g/mol. The SMILES string of the molecule is CN/C(C)=C\n1nccc1C. The molecule has 1 aromatic rings. The molecule has 0 aromatic carbocycles. The molecule has 0 radical (unpaired) electrons.